The smallest absolute Gasteiger partial charge is 0.326 e. The summed E-state index contributed by atoms with van der Waals surface area (Å²) in [6.45, 7) is 3.90. The summed E-state index contributed by atoms with van der Waals surface area (Å²) in [7, 11) is 0. The van der Waals surface area contributed by atoms with Crippen molar-refractivity contribution in [2.75, 3.05) is 52.7 Å². The molecule has 0 saturated heterocycles. The number of ketones is 1. The van der Waals surface area contributed by atoms with Crippen LogP contribution in [-0.2, 0) is 43.0 Å². The summed E-state index contributed by atoms with van der Waals surface area (Å²) in [5.41, 5.74) is 0. The van der Waals surface area contributed by atoms with Gasteiger partial charge in [-0.25, -0.2) is 4.79 Å². The molecular formula is C40H73N3O11. The fourth-order valence-corrected chi connectivity index (χ4v) is 5.67. The van der Waals surface area contributed by atoms with E-state index in [0.29, 0.717) is 58.8 Å². The van der Waals surface area contributed by atoms with Crippen LogP contribution in [0.15, 0.2) is 0 Å². The van der Waals surface area contributed by atoms with Gasteiger partial charge in [-0.05, 0) is 51.9 Å². The number of hydrogen-bond donors (Lipinski definition) is 5. The highest BCUT2D eigenvalue weighted by Gasteiger charge is 2.20. The van der Waals surface area contributed by atoms with Gasteiger partial charge >= 0.3 is 11.9 Å². The third-order valence-electron chi connectivity index (χ3n) is 8.83. The normalized spacial score (nSPS) is 11.6. The van der Waals surface area contributed by atoms with Crippen molar-refractivity contribution >= 4 is 35.4 Å². The number of carboxylic acid groups (broad SMARTS) is 2. The number of aliphatic carboxylic acids is 2. The molecule has 14 nitrogen and oxygen atoms in total. The predicted octanol–water partition coefficient (Wildman–Crippen LogP) is 5.87. The molecule has 0 aliphatic carbocycles. The second-order valence-corrected chi connectivity index (χ2v) is 14.1. The lowest BCUT2D eigenvalue weighted by atomic mass is 10.0. The second kappa shape index (κ2) is 38.2. The van der Waals surface area contributed by atoms with Gasteiger partial charge in [0.15, 0.2) is 0 Å². The van der Waals surface area contributed by atoms with Crippen molar-refractivity contribution in [3.63, 3.8) is 0 Å². The first-order valence-electron chi connectivity index (χ1n) is 20.6. The Balaban J connectivity index is 3.37. The maximum Gasteiger partial charge on any atom is 0.326 e. The predicted molar refractivity (Wildman–Crippen MR) is 207 cm³/mol. The maximum absolute atomic E-state index is 12.1. The van der Waals surface area contributed by atoms with Crippen LogP contribution >= 0.6 is 0 Å². The Labute approximate surface area is 324 Å². The number of carbonyl (C=O) groups is 6. The fourth-order valence-electron chi connectivity index (χ4n) is 5.67. The standard InChI is InChI=1S/C40H73N3O11/c1-34(44)24-25-35(40(50)51)43-38(47)33-54-32-37(46)42-27-21-31-53-29-19-18-28-52-30-20-26-41-36(45)22-16-14-12-10-8-6-4-2-3-5-7-9-11-13-15-17-23-39(48)49/h35H,2-33H2,1H3,(H,41,45)(H,42,46)(H,43,47)(H,48,49)(H,50,51). The Kier molecular flexibility index (Phi) is 36.0. The summed E-state index contributed by atoms with van der Waals surface area (Å²) in [5.74, 6) is -3.05. The molecule has 1 unspecified atom stereocenters. The molecular weight excluding hydrogens is 698 g/mol. The number of hydrogen-bond acceptors (Lipinski definition) is 9. The lowest BCUT2D eigenvalue weighted by molar-refractivity contribution is -0.143. The zero-order valence-electron chi connectivity index (χ0n) is 33.3. The van der Waals surface area contributed by atoms with E-state index in [-0.39, 0.29) is 31.1 Å². The van der Waals surface area contributed by atoms with Gasteiger partial charge in [-0.15, -0.1) is 0 Å². The molecule has 0 fully saturated rings. The van der Waals surface area contributed by atoms with Gasteiger partial charge in [0.05, 0.1) is 0 Å². The van der Waals surface area contributed by atoms with Crippen LogP contribution in [0.25, 0.3) is 0 Å². The van der Waals surface area contributed by atoms with Crippen molar-refractivity contribution in [2.45, 2.75) is 167 Å². The molecule has 54 heavy (non-hydrogen) atoms. The zero-order valence-corrected chi connectivity index (χ0v) is 33.3. The molecule has 0 aromatic carbocycles. The van der Waals surface area contributed by atoms with E-state index in [9.17, 15) is 28.8 Å². The number of nitrogens with one attached hydrogen (secondary N) is 3. The average molecular weight is 772 g/mol. The van der Waals surface area contributed by atoms with Crippen molar-refractivity contribution in [3.8, 4) is 0 Å². The Morgan fingerprint density at radius 3 is 1.31 bits per heavy atom. The number of rotatable bonds is 41. The average Bonchev–Trinajstić information content (AvgIpc) is 3.12. The molecule has 0 aliphatic heterocycles. The van der Waals surface area contributed by atoms with E-state index in [1.54, 1.807) is 0 Å². The summed E-state index contributed by atoms with van der Waals surface area (Å²) in [6.07, 6.45) is 23.3. The highest BCUT2D eigenvalue weighted by Crippen LogP contribution is 2.14. The lowest BCUT2D eigenvalue weighted by Crippen LogP contribution is -2.43. The third kappa shape index (κ3) is 38.6. The first kappa shape index (κ1) is 50.9. The van der Waals surface area contributed by atoms with Gasteiger partial charge in [0.2, 0.25) is 17.7 Å². The SMILES string of the molecule is CC(=O)CCC(NC(=O)COCC(=O)NCCCOCCCCOCCCNC(=O)CCCCCCCCCCCCCCCCCCC(=O)O)C(=O)O. The minimum Gasteiger partial charge on any atom is -0.481 e. The van der Waals surface area contributed by atoms with Crippen LogP contribution in [0.2, 0.25) is 0 Å². The molecule has 0 aromatic heterocycles. The van der Waals surface area contributed by atoms with Crippen molar-refractivity contribution in [1.82, 2.24) is 16.0 Å². The number of unbranched alkanes of at least 4 members (excludes halogenated alkanes) is 16. The van der Waals surface area contributed by atoms with Gasteiger partial charge in [0.1, 0.15) is 25.0 Å². The van der Waals surface area contributed by atoms with Crippen LogP contribution in [0.5, 0.6) is 0 Å². The first-order valence-corrected chi connectivity index (χ1v) is 20.6. The van der Waals surface area contributed by atoms with Gasteiger partial charge < -0.3 is 45.2 Å². The fraction of sp³-hybridized carbons (Fsp3) is 0.850. The Morgan fingerprint density at radius 2 is 0.870 bits per heavy atom. The third-order valence-corrected chi connectivity index (χ3v) is 8.83. The van der Waals surface area contributed by atoms with E-state index in [1.165, 1.54) is 77.6 Å². The molecule has 0 heterocycles. The van der Waals surface area contributed by atoms with E-state index in [0.717, 1.165) is 51.4 Å². The van der Waals surface area contributed by atoms with Crippen molar-refractivity contribution in [1.29, 1.82) is 0 Å². The highest BCUT2D eigenvalue weighted by molar-refractivity contribution is 5.85. The van der Waals surface area contributed by atoms with Crippen LogP contribution in [0, 0.1) is 0 Å². The van der Waals surface area contributed by atoms with Gasteiger partial charge in [-0.1, -0.05) is 89.9 Å². The minimum atomic E-state index is -1.24. The molecule has 0 saturated carbocycles. The molecule has 0 radical (unpaired) electrons. The monoisotopic (exact) mass is 772 g/mol. The van der Waals surface area contributed by atoms with E-state index >= 15 is 0 Å². The molecule has 14 heteroatoms. The number of carbonyl (C=O) groups excluding carboxylic acids is 4. The van der Waals surface area contributed by atoms with Crippen LogP contribution in [-0.4, -0.2) is 104 Å². The molecule has 1 atom stereocenters. The summed E-state index contributed by atoms with van der Waals surface area (Å²) in [5, 5.41) is 25.7. The lowest BCUT2D eigenvalue weighted by Gasteiger charge is -2.13. The highest BCUT2D eigenvalue weighted by atomic mass is 16.5. The summed E-state index contributed by atoms with van der Waals surface area (Å²) in [6, 6.07) is -1.19. The molecule has 0 spiro atoms. The van der Waals surface area contributed by atoms with Gasteiger partial charge in [-0.2, -0.15) is 0 Å². The van der Waals surface area contributed by atoms with Crippen LogP contribution in [0.4, 0.5) is 0 Å². The Bertz CT molecular complexity index is 996. The molecule has 0 bridgehead atoms. The summed E-state index contributed by atoms with van der Waals surface area (Å²) < 4.78 is 16.3. The van der Waals surface area contributed by atoms with Gasteiger partial charge in [-0.3, -0.25) is 19.2 Å². The summed E-state index contributed by atoms with van der Waals surface area (Å²) in [4.78, 5) is 68.5. The molecule has 0 aliphatic rings. The van der Waals surface area contributed by atoms with Gasteiger partial charge in [0, 0.05) is 58.8 Å². The Hall–Kier alpha value is -3.10. The van der Waals surface area contributed by atoms with Crippen molar-refractivity contribution in [3.05, 3.63) is 0 Å². The number of carboxylic acids is 2. The summed E-state index contributed by atoms with van der Waals surface area (Å²) >= 11 is 0. The molecule has 5 N–H and O–H groups in total. The first-order chi connectivity index (χ1) is 26.1. The van der Waals surface area contributed by atoms with Crippen LogP contribution in [0.1, 0.15) is 161 Å². The minimum absolute atomic E-state index is 0.0107. The van der Waals surface area contributed by atoms with E-state index < -0.39 is 36.4 Å². The van der Waals surface area contributed by atoms with E-state index in [2.05, 4.69) is 16.0 Å². The number of ether oxygens (including phenoxy) is 3. The van der Waals surface area contributed by atoms with Gasteiger partial charge in [0.25, 0.3) is 0 Å². The number of amides is 3. The van der Waals surface area contributed by atoms with Crippen molar-refractivity contribution in [2.24, 2.45) is 0 Å². The zero-order chi connectivity index (χ0) is 39.9. The quantitative estimate of drug-likeness (QED) is 0.0465. The molecule has 0 aromatic rings. The molecule has 0 rings (SSSR count). The molecule has 3 amide bonds. The largest absolute Gasteiger partial charge is 0.481 e. The topological polar surface area (TPSA) is 207 Å². The van der Waals surface area contributed by atoms with E-state index in [1.807, 2.05) is 0 Å². The van der Waals surface area contributed by atoms with Crippen LogP contribution < -0.4 is 16.0 Å². The Morgan fingerprint density at radius 1 is 0.463 bits per heavy atom. The van der Waals surface area contributed by atoms with E-state index in [4.69, 9.17) is 24.4 Å². The maximum atomic E-state index is 12.1. The van der Waals surface area contributed by atoms with Crippen LogP contribution in [0.3, 0.4) is 0 Å². The molecule has 314 valence electrons. The van der Waals surface area contributed by atoms with Crippen molar-refractivity contribution < 1.29 is 53.2 Å². The second-order valence-electron chi connectivity index (χ2n) is 14.1. The number of Topliss-reactive ketones (excluding diaryl/α,β-unsaturated/α-hetero) is 1.